The number of ether oxygens (including phenoxy) is 1. The van der Waals surface area contributed by atoms with Crippen molar-refractivity contribution in [1.82, 2.24) is 4.57 Å². The van der Waals surface area contributed by atoms with Crippen molar-refractivity contribution in [3.8, 4) is 5.69 Å². The highest BCUT2D eigenvalue weighted by Gasteiger charge is 2.20. The van der Waals surface area contributed by atoms with Crippen LogP contribution in [0.2, 0.25) is 0 Å². The molecule has 0 aliphatic heterocycles. The molecule has 0 saturated carbocycles. The third kappa shape index (κ3) is 3.13. The zero-order chi connectivity index (χ0) is 15.4. The third-order valence-electron chi connectivity index (χ3n) is 3.17. The Morgan fingerprint density at radius 1 is 1.24 bits per heavy atom. The van der Waals surface area contributed by atoms with Crippen LogP contribution >= 0.6 is 0 Å². The Morgan fingerprint density at radius 2 is 1.90 bits per heavy atom. The lowest BCUT2D eigenvalue weighted by Crippen LogP contribution is -2.08. The van der Waals surface area contributed by atoms with Crippen LogP contribution in [-0.4, -0.2) is 28.2 Å². The average Bonchev–Trinajstić information content (AvgIpc) is 2.76. The van der Waals surface area contributed by atoms with Crippen LogP contribution in [-0.2, 0) is 16.0 Å². The van der Waals surface area contributed by atoms with Crippen LogP contribution in [0.25, 0.3) is 5.69 Å². The molecular weight excluding hydrogens is 270 g/mol. The van der Waals surface area contributed by atoms with E-state index in [1.54, 1.807) is 24.5 Å². The van der Waals surface area contributed by atoms with Crippen LogP contribution in [0.1, 0.15) is 28.7 Å². The standard InChI is InChI=1S/C16H17NO4/c1-3-21-16(20)14-9-13(10-15(18)19)17(11(14)2)12-7-5-4-6-8-12/h4-9H,3,10H2,1-2H3,(H,18,19). The van der Waals surface area contributed by atoms with Gasteiger partial charge >= 0.3 is 11.9 Å². The van der Waals surface area contributed by atoms with E-state index in [1.165, 1.54) is 0 Å². The zero-order valence-electron chi connectivity index (χ0n) is 12.0. The molecule has 0 saturated heterocycles. The maximum absolute atomic E-state index is 12.0. The van der Waals surface area contributed by atoms with Gasteiger partial charge in [0.15, 0.2) is 0 Å². The second-order valence-corrected chi connectivity index (χ2v) is 4.60. The molecule has 1 aromatic heterocycles. The number of hydrogen-bond donors (Lipinski definition) is 1. The summed E-state index contributed by atoms with van der Waals surface area (Å²) in [6.45, 7) is 3.80. The van der Waals surface area contributed by atoms with Crippen molar-refractivity contribution in [2.45, 2.75) is 20.3 Å². The number of carboxylic acid groups (broad SMARTS) is 1. The first kappa shape index (κ1) is 14.8. The molecule has 2 aromatic rings. The highest BCUT2D eigenvalue weighted by atomic mass is 16.5. The van der Waals surface area contributed by atoms with E-state index in [-0.39, 0.29) is 13.0 Å². The lowest BCUT2D eigenvalue weighted by Gasteiger charge is -2.10. The summed E-state index contributed by atoms with van der Waals surface area (Å²) >= 11 is 0. The monoisotopic (exact) mass is 287 g/mol. The van der Waals surface area contributed by atoms with Gasteiger partial charge in [0.1, 0.15) is 0 Å². The average molecular weight is 287 g/mol. The number of nitrogens with zero attached hydrogens (tertiary/aromatic N) is 1. The molecular formula is C16H17NO4. The number of hydrogen-bond acceptors (Lipinski definition) is 3. The topological polar surface area (TPSA) is 68.5 Å². The molecule has 0 aliphatic carbocycles. The maximum atomic E-state index is 12.0. The highest BCUT2D eigenvalue weighted by molar-refractivity contribution is 5.91. The Balaban J connectivity index is 2.55. The van der Waals surface area contributed by atoms with E-state index in [9.17, 15) is 9.59 Å². The van der Waals surface area contributed by atoms with Gasteiger partial charge in [0.2, 0.25) is 0 Å². The second-order valence-electron chi connectivity index (χ2n) is 4.60. The summed E-state index contributed by atoms with van der Waals surface area (Å²) < 4.78 is 6.80. The molecule has 2 rings (SSSR count). The molecule has 5 nitrogen and oxygen atoms in total. The summed E-state index contributed by atoms with van der Waals surface area (Å²) in [5, 5.41) is 9.05. The SMILES string of the molecule is CCOC(=O)c1cc(CC(=O)O)n(-c2ccccc2)c1C. The van der Waals surface area contributed by atoms with E-state index < -0.39 is 11.9 Å². The number of esters is 1. The maximum Gasteiger partial charge on any atom is 0.339 e. The minimum absolute atomic E-state index is 0.158. The molecule has 0 fully saturated rings. The number of carbonyl (C=O) groups excluding carboxylic acids is 1. The van der Waals surface area contributed by atoms with E-state index in [4.69, 9.17) is 9.84 Å². The molecule has 0 aliphatic rings. The molecule has 0 radical (unpaired) electrons. The number of para-hydroxylation sites is 1. The molecule has 0 atom stereocenters. The Kier molecular flexibility index (Phi) is 4.42. The fourth-order valence-corrected chi connectivity index (χ4v) is 2.31. The summed E-state index contributed by atoms with van der Waals surface area (Å²) in [6.07, 6.45) is -0.158. The van der Waals surface area contributed by atoms with Gasteiger partial charge in [-0.15, -0.1) is 0 Å². The quantitative estimate of drug-likeness (QED) is 0.858. The lowest BCUT2D eigenvalue weighted by atomic mass is 10.2. The summed E-state index contributed by atoms with van der Waals surface area (Å²) in [5.41, 5.74) is 2.45. The molecule has 21 heavy (non-hydrogen) atoms. The van der Waals surface area contributed by atoms with Crippen molar-refractivity contribution >= 4 is 11.9 Å². The van der Waals surface area contributed by atoms with E-state index in [0.717, 1.165) is 5.69 Å². The molecule has 0 bridgehead atoms. The highest BCUT2D eigenvalue weighted by Crippen LogP contribution is 2.22. The van der Waals surface area contributed by atoms with Crippen molar-refractivity contribution in [1.29, 1.82) is 0 Å². The fourth-order valence-electron chi connectivity index (χ4n) is 2.31. The van der Waals surface area contributed by atoms with Crippen molar-refractivity contribution in [3.63, 3.8) is 0 Å². The summed E-state index contributed by atoms with van der Waals surface area (Å²) in [4.78, 5) is 23.0. The Hall–Kier alpha value is -2.56. The van der Waals surface area contributed by atoms with Crippen LogP contribution in [0, 0.1) is 6.92 Å². The molecule has 1 heterocycles. The predicted octanol–water partition coefficient (Wildman–Crippen LogP) is 2.59. The van der Waals surface area contributed by atoms with Gasteiger partial charge in [-0.1, -0.05) is 18.2 Å². The molecule has 0 amide bonds. The zero-order valence-corrected chi connectivity index (χ0v) is 12.0. The molecule has 0 unspecified atom stereocenters. The number of benzene rings is 1. The van der Waals surface area contributed by atoms with Crippen molar-refractivity contribution in [2.75, 3.05) is 6.61 Å². The molecule has 1 aromatic carbocycles. The van der Waals surface area contributed by atoms with E-state index in [0.29, 0.717) is 17.0 Å². The van der Waals surface area contributed by atoms with E-state index >= 15 is 0 Å². The predicted molar refractivity (Wildman–Crippen MR) is 77.8 cm³/mol. The van der Waals surface area contributed by atoms with Crippen LogP contribution in [0.5, 0.6) is 0 Å². The minimum atomic E-state index is -0.944. The number of carbonyl (C=O) groups is 2. The molecule has 0 spiro atoms. The van der Waals surface area contributed by atoms with Crippen LogP contribution in [0.4, 0.5) is 0 Å². The number of carboxylic acids is 1. The third-order valence-corrected chi connectivity index (χ3v) is 3.17. The summed E-state index contributed by atoms with van der Waals surface area (Å²) in [5.74, 6) is -1.38. The van der Waals surface area contributed by atoms with Gasteiger partial charge in [-0.3, -0.25) is 4.79 Å². The molecule has 110 valence electrons. The minimum Gasteiger partial charge on any atom is -0.481 e. The molecule has 5 heteroatoms. The van der Waals surface area contributed by atoms with Gasteiger partial charge in [-0.05, 0) is 32.0 Å². The summed E-state index contributed by atoms with van der Waals surface area (Å²) in [6, 6.07) is 10.9. The van der Waals surface area contributed by atoms with Crippen molar-refractivity contribution in [3.05, 3.63) is 53.3 Å². The second kappa shape index (κ2) is 6.26. The fraction of sp³-hybridized carbons (Fsp3) is 0.250. The number of aromatic nitrogens is 1. The normalized spacial score (nSPS) is 10.4. The van der Waals surface area contributed by atoms with Crippen molar-refractivity contribution in [2.24, 2.45) is 0 Å². The molecule has 1 N–H and O–H groups in total. The van der Waals surface area contributed by atoms with Gasteiger partial charge in [0.25, 0.3) is 0 Å². The largest absolute Gasteiger partial charge is 0.481 e. The van der Waals surface area contributed by atoms with Crippen LogP contribution < -0.4 is 0 Å². The lowest BCUT2D eigenvalue weighted by molar-refractivity contribution is -0.136. The number of rotatable bonds is 5. The van der Waals surface area contributed by atoms with Crippen LogP contribution in [0.3, 0.4) is 0 Å². The van der Waals surface area contributed by atoms with Gasteiger partial charge in [-0.25, -0.2) is 4.79 Å². The first-order valence-electron chi connectivity index (χ1n) is 6.70. The van der Waals surface area contributed by atoms with Gasteiger partial charge in [-0.2, -0.15) is 0 Å². The Bertz CT molecular complexity index is 658. The summed E-state index contributed by atoms with van der Waals surface area (Å²) in [7, 11) is 0. The van der Waals surface area contributed by atoms with Gasteiger partial charge < -0.3 is 14.4 Å². The smallest absolute Gasteiger partial charge is 0.339 e. The van der Waals surface area contributed by atoms with Gasteiger partial charge in [0, 0.05) is 17.1 Å². The van der Waals surface area contributed by atoms with E-state index in [1.807, 2.05) is 30.3 Å². The van der Waals surface area contributed by atoms with E-state index in [2.05, 4.69) is 0 Å². The first-order valence-corrected chi connectivity index (χ1v) is 6.70. The van der Waals surface area contributed by atoms with Crippen LogP contribution in [0.15, 0.2) is 36.4 Å². The van der Waals surface area contributed by atoms with Gasteiger partial charge in [0.05, 0.1) is 18.6 Å². The number of aliphatic carboxylic acids is 1. The Morgan fingerprint density at radius 3 is 2.48 bits per heavy atom. The first-order chi connectivity index (χ1) is 10.0. The van der Waals surface area contributed by atoms with Crippen molar-refractivity contribution < 1.29 is 19.4 Å². The Labute approximate surface area is 122 Å².